The second-order valence-electron chi connectivity index (χ2n) is 3.92. The van der Waals surface area contributed by atoms with Crippen molar-refractivity contribution in [2.45, 2.75) is 29.9 Å². The minimum absolute atomic E-state index is 0.0169. The zero-order valence-corrected chi connectivity index (χ0v) is 8.80. The summed E-state index contributed by atoms with van der Waals surface area (Å²) in [5.41, 5.74) is 0. The van der Waals surface area contributed by atoms with Gasteiger partial charge in [0.2, 0.25) is 0 Å². The van der Waals surface area contributed by atoms with Crippen LogP contribution < -0.4 is 5.32 Å². The number of nitriles is 1. The topological polar surface area (TPSA) is 35.8 Å². The third-order valence-electron chi connectivity index (χ3n) is 3.17. The van der Waals surface area contributed by atoms with E-state index in [1.54, 1.807) is 0 Å². The second kappa shape index (κ2) is 3.55. The maximum absolute atomic E-state index is 13.3. The van der Waals surface area contributed by atoms with Gasteiger partial charge in [0.05, 0.1) is 12.0 Å². The molecular formula is C9H12BrFN2. The maximum atomic E-state index is 13.3. The van der Waals surface area contributed by atoms with Gasteiger partial charge in [-0.15, -0.1) is 0 Å². The van der Waals surface area contributed by atoms with E-state index in [4.69, 9.17) is 5.26 Å². The summed E-state index contributed by atoms with van der Waals surface area (Å²) in [6.07, 6.45) is 0.563. The highest BCUT2D eigenvalue weighted by Gasteiger charge is 2.43. The lowest BCUT2D eigenvalue weighted by Crippen LogP contribution is -2.40. The molecule has 2 nitrogen and oxygen atoms in total. The molecule has 0 bridgehead atoms. The van der Waals surface area contributed by atoms with Crippen molar-refractivity contribution in [3.8, 4) is 6.07 Å². The number of hydrogen-bond acceptors (Lipinski definition) is 2. The summed E-state index contributed by atoms with van der Waals surface area (Å²) >= 11 is 3.33. The van der Waals surface area contributed by atoms with Gasteiger partial charge in [-0.05, 0) is 18.8 Å². The molecule has 2 fully saturated rings. The van der Waals surface area contributed by atoms with Gasteiger partial charge in [-0.1, -0.05) is 15.9 Å². The largest absolute Gasteiger partial charge is 0.312 e. The Kier molecular flexibility index (Phi) is 2.57. The minimum Gasteiger partial charge on any atom is -0.312 e. The summed E-state index contributed by atoms with van der Waals surface area (Å²) in [6.45, 7) is 0.734. The van der Waals surface area contributed by atoms with E-state index in [2.05, 4.69) is 27.3 Å². The number of fused-ring (bicyclic) bond motifs is 1. The van der Waals surface area contributed by atoms with Gasteiger partial charge in [0, 0.05) is 17.4 Å². The highest BCUT2D eigenvalue weighted by Crippen LogP contribution is 2.38. The van der Waals surface area contributed by atoms with E-state index in [0.717, 1.165) is 13.0 Å². The van der Waals surface area contributed by atoms with Gasteiger partial charge in [-0.3, -0.25) is 0 Å². The number of nitrogens with zero attached hydrogens (tertiary/aromatic N) is 1. The van der Waals surface area contributed by atoms with Crippen molar-refractivity contribution in [1.82, 2.24) is 5.32 Å². The van der Waals surface area contributed by atoms with Crippen molar-refractivity contribution in [3.63, 3.8) is 0 Å². The van der Waals surface area contributed by atoms with Gasteiger partial charge in [-0.25, -0.2) is 4.39 Å². The van der Waals surface area contributed by atoms with Crippen molar-refractivity contribution >= 4 is 15.9 Å². The summed E-state index contributed by atoms with van der Waals surface area (Å²) in [5, 5.41) is 12.1. The summed E-state index contributed by atoms with van der Waals surface area (Å²) < 4.78 is 13.3. The van der Waals surface area contributed by atoms with E-state index < -0.39 is 6.17 Å². The van der Waals surface area contributed by atoms with Crippen molar-refractivity contribution < 1.29 is 4.39 Å². The molecule has 72 valence electrons. The second-order valence-corrected chi connectivity index (χ2v) is 5.09. The Labute approximate surface area is 85.6 Å². The smallest absolute Gasteiger partial charge is 0.113 e. The van der Waals surface area contributed by atoms with Gasteiger partial charge in [0.15, 0.2) is 0 Å². The van der Waals surface area contributed by atoms with Gasteiger partial charge in [0.1, 0.15) is 6.17 Å². The van der Waals surface area contributed by atoms with Crippen LogP contribution in [0.2, 0.25) is 0 Å². The number of hydrogen-bond donors (Lipinski definition) is 1. The molecule has 0 amide bonds. The molecule has 0 spiro atoms. The molecule has 0 radical (unpaired) electrons. The lowest BCUT2D eigenvalue weighted by Gasteiger charge is -2.32. The Hall–Kier alpha value is -0.140. The van der Waals surface area contributed by atoms with Gasteiger partial charge < -0.3 is 5.32 Å². The molecular weight excluding hydrogens is 235 g/mol. The number of rotatable bonds is 0. The Morgan fingerprint density at radius 3 is 2.92 bits per heavy atom. The van der Waals surface area contributed by atoms with E-state index in [-0.39, 0.29) is 16.7 Å². The third kappa shape index (κ3) is 1.60. The minimum atomic E-state index is -0.781. The van der Waals surface area contributed by atoms with Crippen LogP contribution >= 0.6 is 15.9 Å². The van der Waals surface area contributed by atoms with Crippen LogP contribution in [0.5, 0.6) is 0 Å². The Bertz CT molecular complexity index is 240. The summed E-state index contributed by atoms with van der Waals surface area (Å²) in [5.74, 6) is 0.247. The molecule has 5 unspecified atom stereocenters. The number of halogens is 2. The molecule has 0 aromatic rings. The molecule has 1 aliphatic carbocycles. The van der Waals surface area contributed by atoms with Crippen LogP contribution in [0.3, 0.4) is 0 Å². The van der Waals surface area contributed by atoms with Gasteiger partial charge >= 0.3 is 0 Å². The first-order valence-corrected chi connectivity index (χ1v) is 5.55. The normalized spacial score (nSPS) is 49.8. The van der Waals surface area contributed by atoms with Crippen LogP contribution in [0.1, 0.15) is 12.8 Å². The fourth-order valence-electron chi connectivity index (χ4n) is 2.39. The molecule has 5 atom stereocenters. The van der Waals surface area contributed by atoms with Crippen LogP contribution in [0.4, 0.5) is 4.39 Å². The lowest BCUT2D eigenvalue weighted by atomic mass is 9.79. The molecule has 13 heavy (non-hydrogen) atoms. The highest BCUT2D eigenvalue weighted by molar-refractivity contribution is 9.09. The van der Waals surface area contributed by atoms with Crippen LogP contribution in [0.15, 0.2) is 0 Å². The predicted octanol–water partition coefficient (Wildman–Crippen LogP) is 1.61. The molecule has 0 aromatic carbocycles. The van der Waals surface area contributed by atoms with E-state index in [1.807, 2.05) is 0 Å². The van der Waals surface area contributed by atoms with Crippen LogP contribution in [-0.2, 0) is 0 Å². The molecule has 1 N–H and O–H groups in total. The highest BCUT2D eigenvalue weighted by atomic mass is 79.9. The summed E-state index contributed by atoms with van der Waals surface area (Å²) in [6, 6.07) is 2.60. The van der Waals surface area contributed by atoms with Crippen molar-refractivity contribution in [2.24, 2.45) is 11.8 Å². The lowest BCUT2D eigenvalue weighted by molar-refractivity contribution is 0.184. The zero-order chi connectivity index (χ0) is 9.42. The quantitative estimate of drug-likeness (QED) is 0.660. The van der Waals surface area contributed by atoms with E-state index in [9.17, 15) is 4.39 Å². The molecule has 4 heteroatoms. The average Bonchev–Trinajstić information content (AvgIpc) is 2.48. The van der Waals surface area contributed by atoms with Crippen LogP contribution in [0.25, 0.3) is 0 Å². The molecule has 1 saturated carbocycles. The Morgan fingerprint density at radius 2 is 2.23 bits per heavy atom. The third-order valence-corrected chi connectivity index (χ3v) is 4.12. The SMILES string of the molecule is N#CC1CNC2CC(Br)C(F)CC12. The van der Waals surface area contributed by atoms with Crippen LogP contribution in [0, 0.1) is 23.2 Å². The Morgan fingerprint density at radius 1 is 1.46 bits per heavy atom. The van der Waals surface area contributed by atoms with Gasteiger partial charge in [-0.2, -0.15) is 5.26 Å². The fraction of sp³-hybridized carbons (Fsp3) is 0.889. The van der Waals surface area contributed by atoms with E-state index in [1.165, 1.54) is 0 Å². The predicted molar refractivity (Wildman–Crippen MR) is 51.2 cm³/mol. The molecule has 0 aromatic heterocycles. The monoisotopic (exact) mass is 246 g/mol. The maximum Gasteiger partial charge on any atom is 0.113 e. The van der Waals surface area contributed by atoms with Crippen molar-refractivity contribution in [3.05, 3.63) is 0 Å². The standard InChI is InChI=1S/C9H12BrFN2/c10-7-2-9-6(1-8(7)11)5(3-12)4-13-9/h5-9,13H,1-2,4H2. The van der Waals surface area contributed by atoms with Crippen LogP contribution in [-0.4, -0.2) is 23.6 Å². The summed E-state index contributed by atoms with van der Waals surface area (Å²) in [7, 11) is 0. The zero-order valence-electron chi connectivity index (χ0n) is 7.21. The first-order valence-electron chi connectivity index (χ1n) is 4.63. The number of alkyl halides is 2. The molecule has 2 aliphatic rings. The first kappa shape index (κ1) is 9.42. The molecule has 1 heterocycles. The fourth-order valence-corrected chi connectivity index (χ4v) is 3.01. The average molecular weight is 247 g/mol. The van der Waals surface area contributed by atoms with E-state index >= 15 is 0 Å². The first-order chi connectivity index (χ1) is 6.22. The molecule has 1 saturated heterocycles. The van der Waals surface area contributed by atoms with Crippen molar-refractivity contribution in [2.75, 3.05) is 6.54 Å². The molecule has 1 aliphatic heterocycles. The van der Waals surface area contributed by atoms with Gasteiger partial charge in [0.25, 0.3) is 0 Å². The van der Waals surface area contributed by atoms with Crippen molar-refractivity contribution in [1.29, 1.82) is 5.26 Å². The molecule has 2 rings (SSSR count). The summed E-state index contributed by atoms with van der Waals surface area (Å²) in [4.78, 5) is -0.0290. The number of nitrogens with one attached hydrogen (secondary N) is 1. The van der Waals surface area contributed by atoms with E-state index in [0.29, 0.717) is 12.5 Å². The Balaban J connectivity index is 2.08.